The average molecular weight is 637 g/mol. The van der Waals surface area contributed by atoms with Crippen molar-refractivity contribution in [2.75, 3.05) is 17.3 Å². The summed E-state index contributed by atoms with van der Waals surface area (Å²) in [4.78, 5) is 28.7. The number of aromatic nitrogens is 1. The van der Waals surface area contributed by atoms with E-state index in [0.717, 1.165) is 6.92 Å². The number of aryl methyl sites for hydroxylation is 1. The van der Waals surface area contributed by atoms with Crippen LogP contribution in [0.15, 0.2) is 30.5 Å². The monoisotopic (exact) mass is 637 g/mol. The van der Waals surface area contributed by atoms with Gasteiger partial charge in [0.25, 0.3) is 11.8 Å². The molecule has 1 heterocycles. The van der Waals surface area contributed by atoms with Crippen molar-refractivity contribution in [1.29, 1.82) is 0 Å². The van der Waals surface area contributed by atoms with Crippen LogP contribution in [0.25, 0.3) is 0 Å². The molecule has 0 fully saturated rings. The Bertz CT molecular complexity index is 1100. The molecule has 1 aromatic heterocycles. The van der Waals surface area contributed by atoms with Crippen LogP contribution in [0.3, 0.4) is 0 Å². The summed E-state index contributed by atoms with van der Waals surface area (Å²) in [5, 5.41) is 5.06. The first-order chi connectivity index (χ1) is 16.0. The molecule has 5 nitrogen and oxygen atoms in total. The Kier molecular flexibility index (Phi) is 9.06. The van der Waals surface area contributed by atoms with Crippen molar-refractivity contribution in [3.8, 4) is 0 Å². The Morgan fingerprint density at radius 2 is 1.69 bits per heavy atom. The van der Waals surface area contributed by atoms with Crippen molar-refractivity contribution in [2.24, 2.45) is 0 Å². The van der Waals surface area contributed by atoms with Crippen LogP contribution in [0.1, 0.15) is 38.9 Å². The van der Waals surface area contributed by atoms with Crippen LogP contribution < -0.4 is 10.6 Å². The van der Waals surface area contributed by atoms with Gasteiger partial charge in [-0.3, -0.25) is 14.6 Å². The number of anilines is 1. The van der Waals surface area contributed by atoms with E-state index in [1.54, 1.807) is 13.0 Å². The Morgan fingerprint density at radius 1 is 1.09 bits per heavy atom. The third kappa shape index (κ3) is 6.19. The van der Waals surface area contributed by atoms with Gasteiger partial charge in [0, 0.05) is 15.4 Å². The summed E-state index contributed by atoms with van der Waals surface area (Å²) in [7, 11) is 0. The first-order valence-electron chi connectivity index (χ1n) is 9.73. The summed E-state index contributed by atoms with van der Waals surface area (Å²) in [6.07, 6.45) is -10.3. The highest BCUT2D eigenvalue weighted by molar-refractivity contribution is 14.1. The number of hydrogen-bond donors (Lipinski definition) is 2. The molecule has 1 unspecified atom stereocenters. The van der Waals surface area contributed by atoms with Gasteiger partial charge in [-0.15, -0.1) is 0 Å². The third-order valence-corrected chi connectivity index (χ3v) is 6.50. The number of hydrogen-bond acceptors (Lipinski definition) is 4. The van der Waals surface area contributed by atoms with Crippen LogP contribution in [0.5, 0.6) is 0 Å². The summed E-state index contributed by atoms with van der Waals surface area (Å²) < 4.78 is 92.7. The predicted molar refractivity (Wildman–Crippen MR) is 126 cm³/mol. The summed E-state index contributed by atoms with van der Waals surface area (Å²) >= 11 is 3.36. The zero-order valence-corrected chi connectivity index (χ0v) is 21.3. The maximum atomic E-state index is 14.3. The Labute approximate surface area is 213 Å². The molecule has 192 valence electrons. The van der Waals surface area contributed by atoms with E-state index in [1.165, 1.54) is 23.9 Å². The lowest BCUT2D eigenvalue weighted by atomic mass is 9.98. The Morgan fingerprint density at radius 3 is 2.20 bits per heavy atom. The van der Waals surface area contributed by atoms with Crippen molar-refractivity contribution < 1.29 is 40.3 Å². The first kappa shape index (κ1) is 29.1. The quantitative estimate of drug-likeness (QED) is 0.288. The number of amides is 2. The molecule has 0 aliphatic heterocycles. The van der Waals surface area contributed by atoms with Gasteiger partial charge in [0.2, 0.25) is 0 Å². The standard InChI is InChI=1S/C21H19F7IN3O2S/c1-10-7-15(19(22,20(23,24)25)21(26,27)28)30-8-14(10)32-17(33)12-5-4-6-13(29)16(12)18(34)31-11(2)9-35-3/h4-8,11H,9H2,1-3H3,(H,31,34)(H,32,33). The number of halogens is 8. The lowest BCUT2D eigenvalue weighted by Gasteiger charge is -2.29. The second kappa shape index (κ2) is 10.9. The van der Waals surface area contributed by atoms with Gasteiger partial charge in [-0.2, -0.15) is 38.1 Å². The number of thioether (sulfide) groups is 1. The highest BCUT2D eigenvalue weighted by Gasteiger charge is 2.74. The second-order valence-electron chi connectivity index (χ2n) is 7.48. The molecule has 2 rings (SSSR count). The van der Waals surface area contributed by atoms with Gasteiger partial charge >= 0.3 is 18.0 Å². The van der Waals surface area contributed by atoms with E-state index in [9.17, 15) is 40.3 Å². The minimum Gasteiger partial charge on any atom is -0.349 e. The van der Waals surface area contributed by atoms with Crippen molar-refractivity contribution >= 4 is 51.9 Å². The topological polar surface area (TPSA) is 71.1 Å². The van der Waals surface area contributed by atoms with Gasteiger partial charge in [0.15, 0.2) is 0 Å². The highest BCUT2D eigenvalue weighted by Crippen LogP contribution is 2.52. The number of rotatable bonds is 7. The normalized spacial score (nSPS) is 13.3. The van der Waals surface area contributed by atoms with Crippen molar-refractivity contribution in [3.63, 3.8) is 0 Å². The van der Waals surface area contributed by atoms with Gasteiger partial charge in [0.1, 0.15) is 0 Å². The Hall–Kier alpha value is -2.10. The number of alkyl halides is 7. The highest BCUT2D eigenvalue weighted by atomic mass is 127. The number of benzene rings is 1. The number of nitrogens with zero attached hydrogens (tertiary/aromatic N) is 1. The third-order valence-electron chi connectivity index (χ3n) is 4.77. The predicted octanol–water partition coefficient (Wildman–Crippen LogP) is 6.02. The molecule has 0 saturated carbocycles. The molecule has 0 bridgehead atoms. The molecular formula is C21H19F7IN3O2S. The van der Waals surface area contributed by atoms with E-state index in [1.807, 2.05) is 28.8 Å². The molecule has 0 aliphatic carbocycles. The van der Waals surface area contributed by atoms with Crippen LogP contribution in [-0.4, -0.2) is 47.2 Å². The summed E-state index contributed by atoms with van der Waals surface area (Å²) in [6, 6.07) is 4.47. The van der Waals surface area contributed by atoms with Crippen molar-refractivity contribution in [2.45, 2.75) is 37.9 Å². The van der Waals surface area contributed by atoms with E-state index in [0.29, 0.717) is 15.5 Å². The van der Waals surface area contributed by atoms with Gasteiger partial charge in [0.05, 0.1) is 28.7 Å². The lowest BCUT2D eigenvalue weighted by Crippen LogP contribution is -2.51. The summed E-state index contributed by atoms with van der Waals surface area (Å²) in [6.45, 7) is 2.85. The van der Waals surface area contributed by atoms with E-state index >= 15 is 0 Å². The summed E-state index contributed by atoms with van der Waals surface area (Å²) in [5.74, 6) is -0.786. The maximum Gasteiger partial charge on any atom is 0.437 e. The lowest BCUT2D eigenvalue weighted by molar-refractivity contribution is -0.350. The number of pyridine rings is 1. The number of carbonyl (C=O) groups excluding carboxylic acids is 2. The molecule has 2 N–H and O–H groups in total. The van der Waals surface area contributed by atoms with Crippen LogP contribution in [-0.2, 0) is 5.67 Å². The van der Waals surface area contributed by atoms with Crippen LogP contribution in [0.4, 0.5) is 36.4 Å². The molecular weight excluding hydrogens is 618 g/mol. The number of carbonyl (C=O) groups is 2. The zero-order valence-electron chi connectivity index (χ0n) is 18.4. The summed E-state index contributed by atoms with van der Waals surface area (Å²) in [5.41, 5.74) is -8.21. The van der Waals surface area contributed by atoms with Crippen LogP contribution >= 0.6 is 34.4 Å². The van der Waals surface area contributed by atoms with Gasteiger partial charge in [-0.05, 0) is 66.5 Å². The van der Waals surface area contributed by atoms with E-state index in [4.69, 9.17) is 0 Å². The molecule has 0 saturated heterocycles. The molecule has 1 atom stereocenters. The zero-order chi connectivity index (χ0) is 26.8. The van der Waals surface area contributed by atoms with Crippen LogP contribution in [0.2, 0.25) is 0 Å². The molecule has 2 amide bonds. The average Bonchev–Trinajstić information content (AvgIpc) is 2.72. The molecule has 0 radical (unpaired) electrons. The fraction of sp³-hybridized carbons (Fsp3) is 0.381. The van der Waals surface area contributed by atoms with Gasteiger partial charge < -0.3 is 10.6 Å². The van der Waals surface area contributed by atoms with E-state index in [-0.39, 0.29) is 34.5 Å². The van der Waals surface area contributed by atoms with E-state index < -0.39 is 35.5 Å². The second-order valence-corrected chi connectivity index (χ2v) is 9.56. The Balaban J connectivity index is 2.41. The molecule has 14 heteroatoms. The first-order valence-corrected chi connectivity index (χ1v) is 12.2. The van der Waals surface area contributed by atoms with E-state index in [2.05, 4.69) is 15.6 Å². The molecule has 0 aliphatic rings. The van der Waals surface area contributed by atoms with Gasteiger partial charge in [-0.25, -0.2) is 4.39 Å². The molecule has 1 aromatic carbocycles. The molecule has 0 spiro atoms. The smallest absolute Gasteiger partial charge is 0.349 e. The van der Waals surface area contributed by atoms with Crippen molar-refractivity contribution in [3.05, 3.63) is 56.4 Å². The fourth-order valence-electron chi connectivity index (χ4n) is 3.05. The fourth-order valence-corrected chi connectivity index (χ4v) is 4.37. The SMILES string of the molecule is CSCC(C)NC(=O)c1c(I)cccc1C(=O)Nc1cnc(C(F)(C(F)(F)F)C(F)(F)F)cc1C. The number of nitrogens with one attached hydrogen (secondary N) is 2. The largest absolute Gasteiger partial charge is 0.437 e. The molecule has 35 heavy (non-hydrogen) atoms. The van der Waals surface area contributed by atoms with Crippen LogP contribution in [0, 0.1) is 10.5 Å². The van der Waals surface area contributed by atoms with Gasteiger partial charge in [-0.1, -0.05) is 6.07 Å². The molecule has 2 aromatic rings. The van der Waals surface area contributed by atoms with Crippen molar-refractivity contribution in [1.82, 2.24) is 10.3 Å². The minimum absolute atomic E-state index is 0.0395. The minimum atomic E-state index is -6.31. The maximum absolute atomic E-state index is 14.3.